The summed E-state index contributed by atoms with van der Waals surface area (Å²) in [6.45, 7) is -0.0519. The molecule has 1 aromatic carbocycles. The van der Waals surface area contributed by atoms with E-state index in [4.69, 9.17) is 5.73 Å². The Morgan fingerprint density at radius 1 is 1.23 bits per heavy atom. The number of halogens is 2. The van der Waals surface area contributed by atoms with Crippen LogP contribution in [0.1, 0.15) is 23.7 Å². The molecule has 4 heteroatoms. The second kappa shape index (κ2) is 4.30. The maximum atomic E-state index is 12.4. The van der Waals surface area contributed by atoms with Crippen molar-refractivity contribution in [3.8, 4) is 0 Å². The van der Waals surface area contributed by atoms with Crippen LogP contribution in [0.2, 0.25) is 0 Å². The molecule has 0 aliphatic carbocycles. The molecule has 0 aromatic heterocycles. The number of alkyl halides is 2. The first-order chi connectivity index (χ1) is 6.16. The molecule has 2 nitrogen and oxygen atoms in total. The number of hydrogen-bond acceptors (Lipinski definition) is 2. The van der Waals surface area contributed by atoms with E-state index in [0.29, 0.717) is 0 Å². The second-order valence-corrected chi connectivity index (χ2v) is 2.68. The van der Waals surface area contributed by atoms with Crippen LogP contribution in [0.15, 0.2) is 24.3 Å². The van der Waals surface area contributed by atoms with Crippen LogP contribution in [0.3, 0.4) is 0 Å². The van der Waals surface area contributed by atoms with E-state index in [-0.39, 0.29) is 17.7 Å². The molecule has 0 aliphatic rings. The van der Waals surface area contributed by atoms with E-state index in [1.165, 1.54) is 18.2 Å². The maximum Gasteiger partial charge on any atom is 0.264 e. The van der Waals surface area contributed by atoms with Crippen molar-refractivity contribution in [1.29, 1.82) is 0 Å². The van der Waals surface area contributed by atoms with Crippen LogP contribution in [0, 0.1) is 0 Å². The standard InChI is InChI=1S/C9H11F2NO/c10-9(11)7-4-2-1-3-6(7)8(13)5-12/h1-4,8-9,13H,5,12H2. The van der Waals surface area contributed by atoms with Gasteiger partial charge in [-0.05, 0) is 5.56 Å². The van der Waals surface area contributed by atoms with Gasteiger partial charge in [-0.2, -0.15) is 0 Å². The van der Waals surface area contributed by atoms with Gasteiger partial charge in [-0.15, -0.1) is 0 Å². The zero-order chi connectivity index (χ0) is 9.84. The predicted molar refractivity (Wildman–Crippen MR) is 45.4 cm³/mol. The van der Waals surface area contributed by atoms with Crippen molar-refractivity contribution in [3.63, 3.8) is 0 Å². The lowest BCUT2D eigenvalue weighted by Gasteiger charge is -2.12. The molecule has 0 aliphatic heterocycles. The molecular formula is C9H11F2NO. The molecule has 0 bridgehead atoms. The third kappa shape index (κ3) is 2.23. The van der Waals surface area contributed by atoms with Crippen LogP contribution in [-0.2, 0) is 0 Å². The molecular weight excluding hydrogens is 176 g/mol. The average molecular weight is 187 g/mol. The smallest absolute Gasteiger partial charge is 0.264 e. The largest absolute Gasteiger partial charge is 0.387 e. The molecule has 0 amide bonds. The number of nitrogens with two attached hydrogens (primary N) is 1. The van der Waals surface area contributed by atoms with E-state index in [2.05, 4.69) is 0 Å². The fraction of sp³-hybridized carbons (Fsp3) is 0.333. The van der Waals surface area contributed by atoms with Gasteiger partial charge in [-0.25, -0.2) is 8.78 Å². The summed E-state index contributed by atoms with van der Waals surface area (Å²) in [4.78, 5) is 0. The fourth-order valence-corrected chi connectivity index (χ4v) is 1.14. The second-order valence-electron chi connectivity index (χ2n) is 2.68. The van der Waals surface area contributed by atoms with Crippen molar-refractivity contribution >= 4 is 0 Å². The molecule has 0 radical (unpaired) electrons. The minimum atomic E-state index is -2.57. The molecule has 1 atom stereocenters. The minimum absolute atomic E-state index is 0.0519. The number of rotatable bonds is 3. The highest BCUT2D eigenvalue weighted by Gasteiger charge is 2.16. The third-order valence-corrected chi connectivity index (χ3v) is 1.81. The molecule has 1 rings (SSSR count). The highest BCUT2D eigenvalue weighted by molar-refractivity contribution is 5.30. The van der Waals surface area contributed by atoms with Crippen LogP contribution in [0.5, 0.6) is 0 Å². The van der Waals surface area contributed by atoms with Crippen LogP contribution < -0.4 is 5.73 Å². The van der Waals surface area contributed by atoms with Crippen molar-refractivity contribution in [2.45, 2.75) is 12.5 Å². The molecule has 3 N–H and O–H groups in total. The number of aliphatic hydroxyl groups is 1. The summed E-state index contributed by atoms with van der Waals surface area (Å²) in [6.07, 6.45) is -3.58. The molecule has 0 saturated carbocycles. The van der Waals surface area contributed by atoms with E-state index in [1.54, 1.807) is 6.07 Å². The van der Waals surface area contributed by atoms with Crippen LogP contribution in [-0.4, -0.2) is 11.7 Å². The van der Waals surface area contributed by atoms with Crippen molar-refractivity contribution in [3.05, 3.63) is 35.4 Å². The lowest BCUT2D eigenvalue weighted by Crippen LogP contribution is -2.13. The first-order valence-corrected chi connectivity index (χ1v) is 3.92. The minimum Gasteiger partial charge on any atom is -0.387 e. The molecule has 72 valence electrons. The van der Waals surface area contributed by atoms with Gasteiger partial charge in [0.05, 0.1) is 6.10 Å². The highest BCUT2D eigenvalue weighted by Crippen LogP contribution is 2.26. The summed E-state index contributed by atoms with van der Waals surface area (Å²) in [5.74, 6) is 0. The van der Waals surface area contributed by atoms with Gasteiger partial charge in [-0.3, -0.25) is 0 Å². The zero-order valence-corrected chi connectivity index (χ0v) is 6.95. The number of hydrogen-bond donors (Lipinski definition) is 2. The lowest BCUT2D eigenvalue weighted by molar-refractivity contribution is 0.138. The Bertz CT molecular complexity index is 278. The summed E-state index contributed by atoms with van der Waals surface area (Å²) in [7, 11) is 0. The average Bonchev–Trinajstić information content (AvgIpc) is 2.16. The van der Waals surface area contributed by atoms with Crippen molar-refractivity contribution in [2.24, 2.45) is 5.73 Å². The summed E-state index contributed by atoms with van der Waals surface area (Å²) >= 11 is 0. The van der Waals surface area contributed by atoms with E-state index >= 15 is 0 Å². The van der Waals surface area contributed by atoms with Gasteiger partial charge in [0, 0.05) is 12.1 Å². The Morgan fingerprint density at radius 3 is 2.23 bits per heavy atom. The topological polar surface area (TPSA) is 46.2 Å². The highest BCUT2D eigenvalue weighted by atomic mass is 19.3. The molecule has 0 saturated heterocycles. The van der Waals surface area contributed by atoms with Crippen molar-refractivity contribution in [1.82, 2.24) is 0 Å². The van der Waals surface area contributed by atoms with Gasteiger partial charge in [0.15, 0.2) is 0 Å². The van der Waals surface area contributed by atoms with Gasteiger partial charge in [0.1, 0.15) is 0 Å². The van der Waals surface area contributed by atoms with E-state index in [9.17, 15) is 13.9 Å². The fourth-order valence-electron chi connectivity index (χ4n) is 1.14. The van der Waals surface area contributed by atoms with E-state index in [0.717, 1.165) is 0 Å². The Hall–Kier alpha value is -1.00. The molecule has 1 aromatic rings. The maximum absolute atomic E-state index is 12.4. The predicted octanol–water partition coefficient (Wildman–Crippen LogP) is 1.62. The summed E-state index contributed by atoms with van der Waals surface area (Å²) in [5.41, 5.74) is 5.23. The summed E-state index contributed by atoms with van der Waals surface area (Å²) in [5, 5.41) is 9.30. The first-order valence-electron chi connectivity index (χ1n) is 3.92. The lowest BCUT2D eigenvalue weighted by atomic mass is 10.0. The Morgan fingerprint density at radius 2 is 1.77 bits per heavy atom. The van der Waals surface area contributed by atoms with Crippen LogP contribution in [0.4, 0.5) is 8.78 Å². The van der Waals surface area contributed by atoms with Crippen LogP contribution in [0.25, 0.3) is 0 Å². The van der Waals surface area contributed by atoms with Crippen molar-refractivity contribution < 1.29 is 13.9 Å². The monoisotopic (exact) mass is 187 g/mol. The van der Waals surface area contributed by atoms with Gasteiger partial charge >= 0.3 is 0 Å². The Balaban J connectivity index is 3.04. The van der Waals surface area contributed by atoms with Crippen LogP contribution >= 0.6 is 0 Å². The SMILES string of the molecule is NCC(O)c1ccccc1C(F)F. The molecule has 1 unspecified atom stereocenters. The van der Waals surface area contributed by atoms with E-state index in [1.807, 2.05) is 0 Å². The zero-order valence-electron chi connectivity index (χ0n) is 6.95. The molecule has 0 fully saturated rings. The Labute approximate surface area is 75.0 Å². The van der Waals surface area contributed by atoms with Gasteiger partial charge in [0.25, 0.3) is 6.43 Å². The Kier molecular flexibility index (Phi) is 3.33. The third-order valence-electron chi connectivity index (χ3n) is 1.81. The van der Waals surface area contributed by atoms with Gasteiger partial charge in [0.2, 0.25) is 0 Å². The van der Waals surface area contributed by atoms with E-state index < -0.39 is 12.5 Å². The number of aliphatic hydroxyl groups excluding tert-OH is 1. The summed E-state index contributed by atoms with van der Waals surface area (Å²) in [6, 6.07) is 5.85. The quantitative estimate of drug-likeness (QED) is 0.755. The summed E-state index contributed by atoms with van der Waals surface area (Å²) < 4.78 is 24.7. The van der Waals surface area contributed by atoms with Gasteiger partial charge in [-0.1, -0.05) is 24.3 Å². The molecule has 13 heavy (non-hydrogen) atoms. The molecule has 0 heterocycles. The molecule has 0 spiro atoms. The van der Waals surface area contributed by atoms with Gasteiger partial charge < -0.3 is 10.8 Å². The van der Waals surface area contributed by atoms with Crippen molar-refractivity contribution in [2.75, 3.05) is 6.54 Å². The first kappa shape index (κ1) is 10.1. The normalized spacial score (nSPS) is 13.3. The number of benzene rings is 1.